The average Bonchev–Trinajstić information content (AvgIpc) is 3.01. The summed E-state index contributed by atoms with van der Waals surface area (Å²) in [6.45, 7) is 2.88. The molecule has 3 rings (SSSR count). The number of carbonyl (C=O) groups excluding carboxylic acids is 1. The summed E-state index contributed by atoms with van der Waals surface area (Å²) in [5.41, 5.74) is 9.89. The first-order valence-electron chi connectivity index (χ1n) is 7.65. The molecule has 0 aliphatic rings. The van der Waals surface area contributed by atoms with Gasteiger partial charge >= 0.3 is 0 Å². The number of amides is 1. The summed E-state index contributed by atoms with van der Waals surface area (Å²) in [6, 6.07) is 7.93. The van der Waals surface area contributed by atoms with Gasteiger partial charge in [0, 0.05) is 29.2 Å². The number of nitrogens with one attached hydrogen (secondary N) is 1. The van der Waals surface area contributed by atoms with E-state index >= 15 is 0 Å². The molecule has 0 bridgehead atoms. The highest BCUT2D eigenvalue weighted by Crippen LogP contribution is 2.34. The van der Waals surface area contributed by atoms with E-state index in [4.69, 9.17) is 40.5 Å². The van der Waals surface area contributed by atoms with Crippen LogP contribution in [0.4, 0.5) is 5.69 Å². The van der Waals surface area contributed by atoms with Gasteiger partial charge in [-0.15, -0.1) is 0 Å². The van der Waals surface area contributed by atoms with Crippen LogP contribution < -0.4 is 11.2 Å². The average molecular weight is 411 g/mol. The summed E-state index contributed by atoms with van der Waals surface area (Å²) in [6.07, 6.45) is 3.52. The predicted octanol–water partition coefficient (Wildman–Crippen LogP) is 4.36. The van der Waals surface area contributed by atoms with E-state index in [1.165, 1.54) is 0 Å². The lowest BCUT2D eigenvalue weighted by atomic mass is 10.2. The number of pyridine rings is 1. The number of fused-ring (bicyclic) bond motifs is 1. The maximum absolute atomic E-state index is 12.3. The minimum Gasteiger partial charge on any atom is -0.396 e. The van der Waals surface area contributed by atoms with Crippen LogP contribution in [-0.2, 0) is 6.54 Å². The van der Waals surface area contributed by atoms with Crippen LogP contribution in [-0.4, -0.2) is 21.7 Å². The van der Waals surface area contributed by atoms with Crippen molar-refractivity contribution in [3.8, 4) is 0 Å². The third kappa shape index (κ3) is 3.35. The van der Waals surface area contributed by atoms with Gasteiger partial charge in [0.05, 0.1) is 16.9 Å². The van der Waals surface area contributed by atoms with E-state index < -0.39 is 5.91 Å². The number of nitrogens with zero attached hydrogens (tertiary/aromatic N) is 3. The Morgan fingerprint density at radius 1 is 1.31 bits per heavy atom. The minimum atomic E-state index is -0.643. The fraction of sp³-hybridized carbons (Fsp3) is 0.118. The molecule has 2 aromatic heterocycles. The Morgan fingerprint density at radius 3 is 2.77 bits per heavy atom. The summed E-state index contributed by atoms with van der Waals surface area (Å²) in [4.78, 5) is 16.1. The lowest BCUT2D eigenvalue weighted by molar-refractivity contribution is 0.0950. The molecule has 3 N–H and O–H groups in total. The third-order valence-electron chi connectivity index (χ3n) is 3.82. The maximum atomic E-state index is 12.3. The molecule has 0 atom stereocenters. The SMILES string of the molecule is CCn1cc(/C=N/NC(=O)c2nc(Cl)c(Cl)c(N)c2Cl)c2ccccc21. The van der Waals surface area contributed by atoms with Crippen LogP contribution in [0.2, 0.25) is 15.2 Å². The Bertz CT molecular complexity index is 1030. The van der Waals surface area contributed by atoms with E-state index in [2.05, 4.69) is 27.0 Å². The molecule has 0 spiro atoms. The standard InChI is InChI=1S/C17H14Cl3N5O/c1-2-25-8-9(10-5-3-4-6-11(10)25)7-22-24-17(26)15-12(18)14(21)13(19)16(20)23-15/h3-8H,2H2,1H3,(H2,21,23)(H,24,26)/b22-7+. The fourth-order valence-corrected chi connectivity index (χ4v) is 3.13. The number of nitrogen functional groups attached to an aromatic ring is 1. The van der Waals surface area contributed by atoms with Gasteiger partial charge in [0.15, 0.2) is 10.8 Å². The predicted molar refractivity (Wildman–Crippen MR) is 106 cm³/mol. The first kappa shape index (κ1) is 18.5. The van der Waals surface area contributed by atoms with E-state index in [-0.39, 0.29) is 26.6 Å². The number of aryl methyl sites for hydroxylation is 1. The van der Waals surface area contributed by atoms with Crippen molar-refractivity contribution < 1.29 is 4.79 Å². The number of hydrazone groups is 1. The molecule has 2 heterocycles. The largest absolute Gasteiger partial charge is 0.396 e. The van der Waals surface area contributed by atoms with Gasteiger partial charge in [0.2, 0.25) is 0 Å². The second kappa shape index (κ2) is 7.53. The fourth-order valence-electron chi connectivity index (χ4n) is 2.53. The van der Waals surface area contributed by atoms with Gasteiger partial charge in [-0.2, -0.15) is 5.10 Å². The van der Waals surface area contributed by atoms with E-state index in [1.807, 2.05) is 30.5 Å². The zero-order valence-electron chi connectivity index (χ0n) is 13.6. The van der Waals surface area contributed by atoms with E-state index in [1.54, 1.807) is 6.21 Å². The molecule has 1 aromatic carbocycles. The molecular formula is C17H14Cl3N5O. The zero-order chi connectivity index (χ0) is 18.8. The van der Waals surface area contributed by atoms with Gasteiger partial charge in [-0.25, -0.2) is 10.4 Å². The molecule has 0 radical (unpaired) electrons. The van der Waals surface area contributed by atoms with E-state index in [0.717, 1.165) is 23.0 Å². The summed E-state index contributed by atoms with van der Waals surface area (Å²) < 4.78 is 2.09. The Balaban J connectivity index is 1.85. The second-order valence-corrected chi connectivity index (χ2v) is 6.49. The van der Waals surface area contributed by atoms with Crippen molar-refractivity contribution in [1.82, 2.24) is 15.0 Å². The minimum absolute atomic E-state index is 0.00379. The van der Waals surface area contributed by atoms with Gasteiger partial charge < -0.3 is 10.3 Å². The molecule has 0 unspecified atom stereocenters. The number of rotatable bonds is 4. The lowest BCUT2D eigenvalue weighted by Crippen LogP contribution is -2.20. The molecular weight excluding hydrogens is 397 g/mol. The highest BCUT2D eigenvalue weighted by atomic mass is 35.5. The molecule has 0 aliphatic heterocycles. The third-order valence-corrected chi connectivity index (χ3v) is 4.95. The van der Waals surface area contributed by atoms with Crippen LogP contribution >= 0.6 is 34.8 Å². The van der Waals surface area contributed by atoms with Crippen LogP contribution in [0.1, 0.15) is 23.0 Å². The van der Waals surface area contributed by atoms with Gasteiger partial charge in [-0.1, -0.05) is 53.0 Å². The number of aromatic nitrogens is 2. The van der Waals surface area contributed by atoms with Gasteiger partial charge in [-0.05, 0) is 13.0 Å². The number of carbonyl (C=O) groups is 1. The monoisotopic (exact) mass is 409 g/mol. The number of benzene rings is 1. The van der Waals surface area contributed by atoms with Crippen molar-refractivity contribution in [3.05, 3.63) is 56.9 Å². The van der Waals surface area contributed by atoms with Gasteiger partial charge in [0.25, 0.3) is 5.91 Å². The summed E-state index contributed by atoms with van der Waals surface area (Å²) >= 11 is 17.7. The van der Waals surface area contributed by atoms with Crippen molar-refractivity contribution in [3.63, 3.8) is 0 Å². The van der Waals surface area contributed by atoms with Crippen LogP contribution in [0.15, 0.2) is 35.6 Å². The van der Waals surface area contributed by atoms with Gasteiger partial charge in [-0.3, -0.25) is 4.79 Å². The highest BCUT2D eigenvalue weighted by molar-refractivity contribution is 6.46. The molecule has 0 fully saturated rings. The number of anilines is 1. The summed E-state index contributed by atoms with van der Waals surface area (Å²) in [5, 5.41) is 4.84. The lowest BCUT2D eigenvalue weighted by Gasteiger charge is -2.07. The molecule has 0 saturated heterocycles. The molecule has 26 heavy (non-hydrogen) atoms. The maximum Gasteiger partial charge on any atom is 0.291 e. The Kier molecular flexibility index (Phi) is 5.36. The van der Waals surface area contributed by atoms with Crippen LogP contribution in [0, 0.1) is 0 Å². The number of para-hydroxylation sites is 1. The van der Waals surface area contributed by atoms with Crippen molar-refractivity contribution in [2.45, 2.75) is 13.5 Å². The number of hydrogen-bond donors (Lipinski definition) is 2. The molecule has 6 nitrogen and oxygen atoms in total. The quantitative estimate of drug-likeness (QED) is 0.380. The highest BCUT2D eigenvalue weighted by Gasteiger charge is 2.19. The van der Waals surface area contributed by atoms with Crippen LogP contribution in [0.25, 0.3) is 10.9 Å². The summed E-state index contributed by atoms with van der Waals surface area (Å²) in [5.74, 6) is -0.643. The molecule has 1 amide bonds. The molecule has 0 saturated carbocycles. The van der Waals surface area contributed by atoms with Crippen LogP contribution in [0.3, 0.4) is 0 Å². The molecule has 9 heteroatoms. The van der Waals surface area contributed by atoms with Gasteiger partial charge in [0.1, 0.15) is 5.02 Å². The molecule has 0 aliphatic carbocycles. The summed E-state index contributed by atoms with van der Waals surface area (Å²) in [7, 11) is 0. The normalized spacial score (nSPS) is 11.4. The Labute approximate surface area is 164 Å². The first-order chi connectivity index (χ1) is 12.4. The van der Waals surface area contributed by atoms with Crippen molar-refractivity contribution in [2.24, 2.45) is 5.10 Å². The van der Waals surface area contributed by atoms with E-state index in [9.17, 15) is 4.79 Å². The van der Waals surface area contributed by atoms with Crippen molar-refractivity contribution in [2.75, 3.05) is 5.73 Å². The Morgan fingerprint density at radius 2 is 2.04 bits per heavy atom. The second-order valence-electron chi connectivity index (χ2n) is 5.38. The first-order valence-corrected chi connectivity index (χ1v) is 8.78. The Hall–Kier alpha value is -2.28. The molecule has 134 valence electrons. The number of halogens is 3. The smallest absolute Gasteiger partial charge is 0.291 e. The number of nitrogens with two attached hydrogens (primary N) is 1. The number of hydrogen-bond acceptors (Lipinski definition) is 4. The topological polar surface area (TPSA) is 85.3 Å². The van der Waals surface area contributed by atoms with Crippen molar-refractivity contribution >= 4 is 63.5 Å². The zero-order valence-corrected chi connectivity index (χ0v) is 15.9. The van der Waals surface area contributed by atoms with E-state index in [0.29, 0.717) is 0 Å². The molecule has 3 aromatic rings. The van der Waals surface area contributed by atoms with Crippen LogP contribution in [0.5, 0.6) is 0 Å². The van der Waals surface area contributed by atoms with Crippen molar-refractivity contribution in [1.29, 1.82) is 0 Å².